The van der Waals surface area contributed by atoms with Crippen LogP contribution in [0, 0.1) is 30.1 Å². The van der Waals surface area contributed by atoms with E-state index >= 15 is 0 Å². The van der Waals surface area contributed by atoms with E-state index in [1.54, 1.807) is 35.3 Å². The third kappa shape index (κ3) is 13.1. The number of nitrogens with one attached hydrogen (secondary N) is 4. The molecule has 2 aromatic carbocycles. The molecule has 1 saturated heterocycles. The number of nitrogens with zero attached hydrogens (tertiary/aromatic N) is 3. The van der Waals surface area contributed by atoms with Crippen molar-refractivity contribution in [3.8, 4) is 5.75 Å². The van der Waals surface area contributed by atoms with E-state index in [4.69, 9.17) is 47.4 Å². The molecule has 2 aliphatic heterocycles. The van der Waals surface area contributed by atoms with Crippen LogP contribution >= 0.6 is 22.9 Å². The standard InChI is InChI=1S/C29H46N4O6.C19H19ClN4OS/c1-28(2,3)25(27(36)33-15-5-8-23(33)26(30)35)32-24(34)20-38-18-6-16-37-17-7-19-39-22-11-9-21(10-12-22)29(31-4)13-14-29;1-10-11(2)26-19-16(10)17(13-4-6-14(20)7-5-13)23-15(8-9-25)18(22)24(19)12(3)21/h9-12,23,25,31H,5-8,13-20H2,1-4H3,(H2,30,35)(H,32,34);4-7,9,15,21-22H,8H2,1-3H3/t;15-/m.0/s1. The number of fused-ring (bicyclic) bond motifs is 1. The Morgan fingerprint density at radius 1 is 1.03 bits per heavy atom. The van der Waals surface area contributed by atoms with Gasteiger partial charge in [-0.3, -0.25) is 35.1 Å². The topological polar surface area (TPSA) is 213 Å². The molecular formula is C48H65ClN8O7S. The summed E-state index contributed by atoms with van der Waals surface area (Å²) in [4.78, 5) is 57.5. The number of amides is 3. The highest BCUT2D eigenvalue weighted by molar-refractivity contribution is 7.17. The second-order valence-corrected chi connectivity index (χ2v) is 19.3. The van der Waals surface area contributed by atoms with Gasteiger partial charge in [0.25, 0.3) is 0 Å². The minimum atomic E-state index is -0.778. The quantitative estimate of drug-likeness (QED) is 0.0374. The Bertz CT molecular complexity index is 2200. The molecule has 65 heavy (non-hydrogen) atoms. The van der Waals surface area contributed by atoms with Gasteiger partial charge in [0.2, 0.25) is 17.7 Å². The van der Waals surface area contributed by atoms with Crippen LogP contribution in [-0.4, -0.2) is 111 Å². The molecule has 3 amide bonds. The summed E-state index contributed by atoms with van der Waals surface area (Å²) in [5.41, 5.74) is 10.0. The first-order valence-electron chi connectivity index (χ1n) is 22.2. The number of likely N-dealkylation sites (tertiary alicyclic amines) is 1. The fourth-order valence-corrected chi connectivity index (χ4v) is 9.25. The maximum atomic E-state index is 13.1. The molecule has 6 N–H and O–H groups in total. The maximum Gasteiger partial charge on any atom is 0.246 e. The first-order valence-corrected chi connectivity index (χ1v) is 23.4. The van der Waals surface area contributed by atoms with Crippen LogP contribution in [0.5, 0.6) is 5.75 Å². The lowest BCUT2D eigenvalue weighted by Gasteiger charge is -2.35. The molecule has 1 aromatic heterocycles. The van der Waals surface area contributed by atoms with Crippen molar-refractivity contribution in [2.45, 2.75) is 110 Å². The Morgan fingerprint density at radius 3 is 2.26 bits per heavy atom. The number of carbonyl (C=O) groups is 4. The number of anilines is 1. The summed E-state index contributed by atoms with van der Waals surface area (Å²) in [6.45, 7) is 13.7. The van der Waals surface area contributed by atoms with Crippen molar-refractivity contribution < 1.29 is 33.4 Å². The Balaban J connectivity index is 0.000000264. The Labute approximate surface area is 391 Å². The molecule has 6 rings (SSSR count). The maximum absolute atomic E-state index is 13.1. The summed E-state index contributed by atoms with van der Waals surface area (Å²) >= 11 is 7.57. The lowest BCUT2D eigenvalue weighted by Crippen LogP contribution is -2.57. The molecule has 3 aliphatic rings. The van der Waals surface area contributed by atoms with Crippen LogP contribution in [0.25, 0.3) is 0 Å². The van der Waals surface area contributed by atoms with Gasteiger partial charge in [0.1, 0.15) is 53.4 Å². The Morgan fingerprint density at radius 2 is 1.68 bits per heavy atom. The number of benzene rings is 2. The third-order valence-electron chi connectivity index (χ3n) is 11.9. The summed E-state index contributed by atoms with van der Waals surface area (Å²) in [5.74, 6) is 0.0755. The molecule has 2 unspecified atom stereocenters. The second-order valence-electron chi connectivity index (χ2n) is 17.7. The monoisotopic (exact) mass is 932 g/mol. The molecule has 15 nitrogen and oxygen atoms in total. The summed E-state index contributed by atoms with van der Waals surface area (Å²) < 4.78 is 16.9. The number of carbonyl (C=O) groups excluding carboxylic acids is 4. The van der Waals surface area contributed by atoms with Crippen molar-refractivity contribution in [1.82, 2.24) is 15.5 Å². The van der Waals surface area contributed by atoms with Crippen LogP contribution in [0.15, 0.2) is 53.5 Å². The van der Waals surface area contributed by atoms with Gasteiger partial charge in [-0.2, -0.15) is 0 Å². The summed E-state index contributed by atoms with van der Waals surface area (Å²) in [6, 6.07) is 13.7. The van der Waals surface area contributed by atoms with Crippen LogP contribution in [0.1, 0.15) is 99.8 Å². The number of aldehydes is 1. The summed E-state index contributed by atoms with van der Waals surface area (Å²) in [6.07, 6.45) is 5.93. The molecule has 0 spiro atoms. The predicted octanol–water partition coefficient (Wildman–Crippen LogP) is 6.70. The number of thiophene rings is 1. The normalized spacial score (nSPS) is 18.1. The van der Waals surface area contributed by atoms with Crippen LogP contribution in [0.4, 0.5) is 5.00 Å². The van der Waals surface area contributed by atoms with Crippen molar-refractivity contribution in [1.29, 1.82) is 10.8 Å². The fraction of sp³-hybridized carbons (Fsp3) is 0.521. The van der Waals surface area contributed by atoms with Crippen molar-refractivity contribution in [3.63, 3.8) is 0 Å². The molecule has 3 heterocycles. The van der Waals surface area contributed by atoms with Gasteiger partial charge in [-0.1, -0.05) is 56.6 Å². The van der Waals surface area contributed by atoms with Gasteiger partial charge in [-0.15, -0.1) is 11.3 Å². The van der Waals surface area contributed by atoms with E-state index < -0.39 is 29.4 Å². The SMILES string of the molecule is CC(=N)N1C(=N)[C@H](CC=O)N=C(c2ccc(Cl)cc2)c2c1sc(C)c2C.CNC1(c2ccc(OCCCOCCCOCC(=O)NC(C(=O)N3CCCC3C(N)=O)C(C)(C)C)cc2)CC1. The number of hydrogen-bond donors (Lipinski definition) is 5. The second kappa shape index (κ2) is 22.9. The number of ether oxygens (including phenoxy) is 3. The molecule has 1 aliphatic carbocycles. The molecule has 0 radical (unpaired) electrons. The van der Waals surface area contributed by atoms with Crippen LogP contribution in [0.3, 0.4) is 0 Å². The zero-order valence-electron chi connectivity index (χ0n) is 38.7. The minimum Gasteiger partial charge on any atom is -0.494 e. The van der Waals surface area contributed by atoms with E-state index in [-0.39, 0.29) is 42.1 Å². The van der Waals surface area contributed by atoms with Crippen LogP contribution in [-0.2, 0) is 34.2 Å². The van der Waals surface area contributed by atoms with Crippen LogP contribution in [0.2, 0.25) is 5.02 Å². The highest BCUT2D eigenvalue weighted by atomic mass is 35.5. The smallest absolute Gasteiger partial charge is 0.246 e. The van der Waals surface area contributed by atoms with Gasteiger partial charge in [0.05, 0.1) is 12.3 Å². The molecule has 1 saturated carbocycles. The van der Waals surface area contributed by atoms with Gasteiger partial charge in [0.15, 0.2) is 0 Å². The number of nitrogens with two attached hydrogens (primary N) is 1. The first kappa shape index (κ1) is 51.0. The van der Waals surface area contributed by atoms with E-state index in [0.717, 1.165) is 50.7 Å². The van der Waals surface area contributed by atoms with Crippen molar-refractivity contribution >= 4 is 69.3 Å². The largest absolute Gasteiger partial charge is 0.494 e. The summed E-state index contributed by atoms with van der Waals surface area (Å²) in [7, 11) is 2.01. The summed E-state index contributed by atoms with van der Waals surface area (Å²) in [5, 5.41) is 24.4. The number of rotatable bonds is 19. The van der Waals surface area contributed by atoms with Gasteiger partial charge in [-0.05, 0) is 101 Å². The highest BCUT2D eigenvalue weighted by Crippen LogP contribution is 2.45. The number of aliphatic imine (C=N–C) groups is 1. The van der Waals surface area contributed by atoms with E-state index in [2.05, 4.69) is 22.8 Å². The molecule has 0 bridgehead atoms. The predicted molar refractivity (Wildman–Crippen MR) is 257 cm³/mol. The van der Waals surface area contributed by atoms with E-state index in [1.165, 1.54) is 23.3 Å². The van der Waals surface area contributed by atoms with E-state index in [1.807, 2.05) is 65.9 Å². The number of aryl methyl sites for hydroxylation is 1. The molecular weight excluding hydrogens is 868 g/mol. The third-order valence-corrected chi connectivity index (χ3v) is 13.3. The number of primary amides is 1. The van der Waals surface area contributed by atoms with E-state index in [0.29, 0.717) is 57.3 Å². The van der Waals surface area contributed by atoms with Gasteiger partial charge >= 0.3 is 0 Å². The molecule has 2 fully saturated rings. The van der Waals surface area contributed by atoms with Crippen LogP contribution < -0.4 is 26.0 Å². The number of hydrogen-bond acceptors (Lipinski definition) is 12. The lowest BCUT2D eigenvalue weighted by atomic mass is 9.85. The Kier molecular flexibility index (Phi) is 18.0. The van der Waals surface area contributed by atoms with Gasteiger partial charge in [-0.25, -0.2) is 0 Å². The van der Waals surface area contributed by atoms with Crippen molar-refractivity contribution in [2.24, 2.45) is 16.1 Å². The molecule has 3 aromatic rings. The van der Waals surface area contributed by atoms with Crippen molar-refractivity contribution in [2.75, 3.05) is 51.5 Å². The average Bonchev–Trinajstić information content (AvgIpc) is 3.84. The number of halogens is 1. The van der Waals surface area contributed by atoms with Gasteiger partial charge < -0.3 is 40.3 Å². The molecule has 3 atom stereocenters. The lowest BCUT2D eigenvalue weighted by molar-refractivity contribution is -0.143. The van der Waals surface area contributed by atoms with Gasteiger partial charge in [0, 0.05) is 65.8 Å². The average molecular weight is 934 g/mol. The molecule has 352 valence electrons. The number of amidine groups is 2. The molecule has 17 heteroatoms. The zero-order valence-corrected chi connectivity index (χ0v) is 40.3. The Hall–Kier alpha value is -5.00. The zero-order chi connectivity index (χ0) is 47.5. The fourth-order valence-electron chi connectivity index (χ4n) is 7.90. The first-order chi connectivity index (χ1) is 30.9. The minimum absolute atomic E-state index is 0.104. The highest BCUT2D eigenvalue weighted by Gasteiger charge is 2.43. The van der Waals surface area contributed by atoms with Crippen molar-refractivity contribution in [3.05, 3.63) is 80.7 Å². The van der Waals surface area contributed by atoms with E-state index in [9.17, 15) is 19.2 Å².